The molecular formula is C12H19FN2O2S. The summed E-state index contributed by atoms with van der Waals surface area (Å²) in [4.78, 5) is 1.81. The summed E-state index contributed by atoms with van der Waals surface area (Å²) in [5.41, 5.74) is 7.11. The number of halogens is 1. The van der Waals surface area contributed by atoms with Crippen molar-refractivity contribution in [1.29, 1.82) is 0 Å². The van der Waals surface area contributed by atoms with E-state index in [-0.39, 0.29) is 11.6 Å². The second kappa shape index (κ2) is 6.15. The van der Waals surface area contributed by atoms with Crippen LogP contribution in [-0.4, -0.2) is 40.6 Å². The van der Waals surface area contributed by atoms with Crippen LogP contribution in [0.1, 0.15) is 5.56 Å². The van der Waals surface area contributed by atoms with Gasteiger partial charge in [0.1, 0.15) is 15.7 Å². The summed E-state index contributed by atoms with van der Waals surface area (Å²) in [6.45, 7) is 0.804. The molecule has 0 radical (unpaired) electrons. The van der Waals surface area contributed by atoms with Crippen molar-refractivity contribution < 1.29 is 12.8 Å². The first-order valence-electron chi connectivity index (χ1n) is 5.71. The van der Waals surface area contributed by atoms with E-state index in [2.05, 4.69) is 0 Å². The number of sulfone groups is 1. The zero-order valence-electron chi connectivity index (χ0n) is 10.7. The van der Waals surface area contributed by atoms with Gasteiger partial charge in [0.2, 0.25) is 0 Å². The number of nitrogens with zero attached hydrogens (tertiary/aromatic N) is 1. The minimum Gasteiger partial charge on any atom is -0.373 e. The average molecular weight is 274 g/mol. The Morgan fingerprint density at radius 3 is 2.61 bits per heavy atom. The quantitative estimate of drug-likeness (QED) is 0.833. The maximum absolute atomic E-state index is 13.2. The summed E-state index contributed by atoms with van der Waals surface area (Å²) in [6, 6.07) is 4.47. The summed E-state index contributed by atoms with van der Waals surface area (Å²) in [6.07, 6.45) is 1.77. The van der Waals surface area contributed by atoms with Crippen LogP contribution in [0.3, 0.4) is 0 Å². The second-order valence-electron chi connectivity index (χ2n) is 4.36. The predicted octanol–water partition coefficient (Wildman–Crippen LogP) is 0.808. The van der Waals surface area contributed by atoms with E-state index in [0.717, 1.165) is 11.3 Å². The van der Waals surface area contributed by atoms with Gasteiger partial charge in [-0.25, -0.2) is 12.8 Å². The third kappa shape index (κ3) is 4.62. The molecule has 2 N–H and O–H groups in total. The van der Waals surface area contributed by atoms with Crippen LogP contribution in [0.2, 0.25) is 0 Å². The third-order valence-electron chi connectivity index (χ3n) is 2.66. The number of anilines is 1. The van der Waals surface area contributed by atoms with Crippen molar-refractivity contribution in [2.24, 2.45) is 5.73 Å². The molecule has 0 unspecified atom stereocenters. The molecule has 0 aliphatic carbocycles. The van der Waals surface area contributed by atoms with Gasteiger partial charge in [0.05, 0.1) is 5.75 Å². The van der Waals surface area contributed by atoms with E-state index < -0.39 is 9.84 Å². The summed E-state index contributed by atoms with van der Waals surface area (Å²) >= 11 is 0. The molecule has 102 valence electrons. The Morgan fingerprint density at radius 1 is 1.39 bits per heavy atom. The van der Waals surface area contributed by atoms with Crippen LogP contribution in [0, 0.1) is 5.82 Å². The first-order valence-corrected chi connectivity index (χ1v) is 7.77. The lowest BCUT2D eigenvalue weighted by Gasteiger charge is -2.22. The molecule has 6 heteroatoms. The van der Waals surface area contributed by atoms with Crippen LogP contribution in [0.4, 0.5) is 10.1 Å². The standard InChI is InChI=1S/C12H19FN2O2S/c1-15(7-8-18(2,16)17)12-4-3-11(13)9-10(12)5-6-14/h3-4,9H,5-8,14H2,1-2H3. The van der Waals surface area contributed by atoms with Gasteiger partial charge in [-0.15, -0.1) is 0 Å². The molecule has 0 aliphatic rings. The normalized spacial score (nSPS) is 11.6. The van der Waals surface area contributed by atoms with Gasteiger partial charge >= 0.3 is 0 Å². The van der Waals surface area contributed by atoms with Crippen molar-refractivity contribution in [3.63, 3.8) is 0 Å². The maximum atomic E-state index is 13.2. The smallest absolute Gasteiger partial charge is 0.149 e. The minimum absolute atomic E-state index is 0.0724. The van der Waals surface area contributed by atoms with Gasteiger partial charge in [0.25, 0.3) is 0 Å². The van der Waals surface area contributed by atoms with Gasteiger partial charge in [-0.3, -0.25) is 0 Å². The Hall–Kier alpha value is -1.14. The van der Waals surface area contributed by atoms with Crippen LogP contribution < -0.4 is 10.6 Å². The number of benzene rings is 1. The topological polar surface area (TPSA) is 63.4 Å². The van der Waals surface area contributed by atoms with Gasteiger partial charge in [-0.1, -0.05) is 0 Å². The largest absolute Gasteiger partial charge is 0.373 e. The molecule has 1 aromatic carbocycles. The van der Waals surface area contributed by atoms with Crippen molar-refractivity contribution in [3.05, 3.63) is 29.6 Å². The maximum Gasteiger partial charge on any atom is 0.149 e. The molecule has 0 atom stereocenters. The molecule has 0 saturated heterocycles. The van der Waals surface area contributed by atoms with E-state index in [0.29, 0.717) is 19.5 Å². The van der Waals surface area contributed by atoms with Crippen LogP contribution in [0.25, 0.3) is 0 Å². The Morgan fingerprint density at radius 2 is 2.06 bits per heavy atom. The first-order chi connectivity index (χ1) is 8.33. The van der Waals surface area contributed by atoms with E-state index in [1.54, 1.807) is 13.1 Å². The van der Waals surface area contributed by atoms with Crippen molar-refractivity contribution in [1.82, 2.24) is 0 Å². The Kier molecular flexibility index (Phi) is 5.10. The van der Waals surface area contributed by atoms with Crippen LogP contribution in [0.5, 0.6) is 0 Å². The fourth-order valence-corrected chi connectivity index (χ4v) is 2.31. The van der Waals surface area contributed by atoms with Gasteiger partial charge in [-0.05, 0) is 36.7 Å². The molecule has 0 spiro atoms. The Bertz CT molecular complexity index is 503. The van der Waals surface area contributed by atoms with Crippen molar-refractivity contribution in [2.45, 2.75) is 6.42 Å². The Labute approximate surface area is 108 Å². The number of hydrogen-bond donors (Lipinski definition) is 1. The molecule has 18 heavy (non-hydrogen) atoms. The summed E-state index contributed by atoms with van der Waals surface area (Å²) in [7, 11) is -1.21. The first kappa shape index (κ1) is 14.9. The number of nitrogens with two attached hydrogens (primary N) is 1. The minimum atomic E-state index is -3.00. The molecular weight excluding hydrogens is 255 g/mol. The van der Waals surface area contributed by atoms with Crippen LogP contribution >= 0.6 is 0 Å². The monoisotopic (exact) mass is 274 g/mol. The molecule has 0 saturated carbocycles. The van der Waals surface area contributed by atoms with Crippen LogP contribution in [-0.2, 0) is 16.3 Å². The molecule has 0 aliphatic heterocycles. The fourth-order valence-electron chi connectivity index (χ4n) is 1.71. The predicted molar refractivity (Wildman–Crippen MR) is 72.1 cm³/mol. The van der Waals surface area contributed by atoms with E-state index in [9.17, 15) is 12.8 Å². The van der Waals surface area contributed by atoms with Crippen LogP contribution in [0.15, 0.2) is 18.2 Å². The molecule has 1 rings (SSSR count). The molecule has 0 heterocycles. The van der Waals surface area contributed by atoms with Gasteiger partial charge < -0.3 is 10.6 Å². The summed E-state index contributed by atoms with van der Waals surface area (Å²) in [5, 5.41) is 0. The van der Waals surface area contributed by atoms with E-state index in [4.69, 9.17) is 5.73 Å². The highest BCUT2D eigenvalue weighted by Gasteiger charge is 2.10. The number of rotatable bonds is 6. The lowest BCUT2D eigenvalue weighted by Crippen LogP contribution is -2.26. The highest BCUT2D eigenvalue weighted by atomic mass is 32.2. The lowest BCUT2D eigenvalue weighted by molar-refractivity contribution is 0.600. The van der Waals surface area contributed by atoms with Gasteiger partial charge in [0.15, 0.2) is 0 Å². The zero-order chi connectivity index (χ0) is 13.8. The molecule has 4 nitrogen and oxygen atoms in total. The summed E-state index contributed by atoms with van der Waals surface area (Å²) in [5.74, 6) is -0.234. The van der Waals surface area contributed by atoms with Gasteiger partial charge in [0, 0.05) is 25.5 Å². The SMILES string of the molecule is CN(CCS(C)(=O)=O)c1ccc(F)cc1CCN. The lowest BCUT2D eigenvalue weighted by atomic mass is 10.1. The van der Waals surface area contributed by atoms with Crippen molar-refractivity contribution >= 4 is 15.5 Å². The molecule has 0 aromatic heterocycles. The van der Waals surface area contributed by atoms with Crippen molar-refractivity contribution in [3.8, 4) is 0 Å². The van der Waals surface area contributed by atoms with Crippen molar-refractivity contribution in [2.75, 3.05) is 37.0 Å². The number of hydrogen-bond acceptors (Lipinski definition) is 4. The molecule has 0 amide bonds. The van der Waals surface area contributed by atoms with E-state index >= 15 is 0 Å². The highest BCUT2D eigenvalue weighted by Crippen LogP contribution is 2.21. The fraction of sp³-hybridized carbons (Fsp3) is 0.500. The van der Waals surface area contributed by atoms with E-state index in [1.807, 2.05) is 4.90 Å². The molecule has 0 fully saturated rings. The summed E-state index contributed by atoms with van der Waals surface area (Å²) < 4.78 is 35.4. The van der Waals surface area contributed by atoms with E-state index in [1.165, 1.54) is 18.4 Å². The molecule has 0 bridgehead atoms. The highest BCUT2D eigenvalue weighted by molar-refractivity contribution is 7.90. The third-order valence-corrected chi connectivity index (χ3v) is 3.59. The molecule has 1 aromatic rings. The Balaban J connectivity index is 2.87. The average Bonchev–Trinajstić information content (AvgIpc) is 2.25. The second-order valence-corrected chi connectivity index (χ2v) is 6.62. The zero-order valence-corrected chi connectivity index (χ0v) is 11.5. The van der Waals surface area contributed by atoms with Gasteiger partial charge in [-0.2, -0.15) is 0 Å².